The number of fused-ring (bicyclic) bond motifs is 1. The summed E-state index contributed by atoms with van der Waals surface area (Å²) >= 11 is 0. The number of aromatic amines is 1. The molecule has 0 aliphatic carbocycles. The lowest BCUT2D eigenvalue weighted by atomic mass is 10.2. The first kappa shape index (κ1) is 17.3. The topological polar surface area (TPSA) is 94.2 Å². The number of urea groups is 1. The van der Waals surface area contributed by atoms with E-state index in [-0.39, 0.29) is 11.4 Å². The fourth-order valence-electron chi connectivity index (χ4n) is 2.36. The fourth-order valence-corrected chi connectivity index (χ4v) is 2.36. The summed E-state index contributed by atoms with van der Waals surface area (Å²) in [7, 11) is 0. The quantitative estimate of drug-likeness (QED) is 0.551. The van der Waals surface area contributed by atoms with Crippen molar-refractivity contribution in [1.82, 2.24) is 4.98 Å². The molecule has 0 aliphatic rings. The summed E-state index contributed by atoms with van der Waals surface area (Å²) in [4.78, 5) is 25.6. The van der Waals surface area contributed by atoms with Gasteiger partial charge >= 0.3 is 18.2 Å². The number of alkyl halides is 3. The maximum atomic E-state index is 12.5. The van der Waals surface area contributed by atoms with Crippen LogP contribution >= 0.6 is 0 Å². The van der Waals surface area contributed by atoms with Crippen LogP contribution in [0.5, 0.6) is 0 Å². The molecule has 6 nitrogen and oxygen atoms in total. The van der Waals surface area contributed by atoms with E-state index in [4.69, 9.17) is 5.11 Å². The van der Waals surface area contributed by atoms with Crippen LogP contribution in [0.2, 0.25) is 0 Å². The molecule has 1 heterocycles. The lowest BCUT2D eigenvalue weighted by Crippen LogP contribution is -2.19. The molecule has 0 saturated heterocycles. The van der Waals surface area contributed by atoms with E-state index < -0.39 is 23.7 Å². The van der Waals surface area contributed by atoms with E-state index in [0.29, 0.717) is 16.6 Å². The zero-order valence-corrected chi connectivity index (χ0v) is 13.0. The van der Waals surface area contributed by atoms with Crippen molar-refractivity contribution in [3.63, 3.8) is 0 Å². The molecule has 3 rings (SSSR count). The molecule has 3 aromatic rings. The van der Waals surface area contributed by atoms with Crippen molar-refractivity contribution in [2.24, 2.45) is 0 Å². The Bertz CT molecular complexity index is 978. The van der Waals surface area contributed by atoms with E-state index in [0.717, 1.165) is 24.3 Å². The molecule has 26 heavy (non-hydrogen) atoms. The van der Waals surface area contributed by atoms with Gasteiger partial charge in [-0.1, -0.05) is 0 Å². The largest absolute Gasteiger partial charge is 0.477 e. The molecular formula is C17H12F3N3O3. The Kier molecular flexibility index (Phi) is 4.29. The van der Waals surface area contributed by atoms with Gasteiger partial charge in [0.1, 0.15) is 5.69 Å². The van der Waals surface area contributed by atoms with Gasteiger partial charge in [-0.25, -0.2) is 9.59 Å². The second-order valence-corrected chi connectivity index (χ2v) is 5.44. The van der Waals surface area contributed by atoms with Gasteiger partial charge in [0.2, 0.25) is 0 Å². The van der Waals surface area contributed by atoms with Gasteiger partial charge in [0, 0.05) is 22.3 Å². The highest BCUT2D eigenvalue weighted by Gasteiger charge is 2.29. The molecule has 9 heteroatoms. The normalized spacial score (nSPS) is 11.3. The Labute approximate surface area is 144 Å². The van der Waals surface area contributed by atoms with Crippen molar-refractivity contribution < 1.29 is 27.9 Å². The minimum Gasteiger partial charge on any atom is -0.477 e. The summed E-state index contributed by atoms with van der Waals surface area (Å²) in [5, 5.41) is 14.5. The predicted molar refractivity (Wildman–Crippen MR) is 89.3 cm³/mol. The van der Waals surface area contributed by atoms with Crippen molar-refractivity contribution in [2.75, 3.05) is 10.6 Å². The average Bonchev–Trinajstić information content (AvgIpc) is 2.98. The Hall–Kier alpha value is -3.49. The van der Waals surface area contributed by atoms with Crippen LogP contribution in [-0.2, 0) is 6.18 Å². The van der Waals surface area contributed by atoms with Gasteiger partial charge in [-0.05, 0) is 48.5 Å². The van der Waals surface area contributed by atoms with Gasteiger partial charge in [-0.2, -0.15) is 13.2 Å². The molecule has 0 fully saturated rings. The Morgan fingerprint density at radius 2 is 1.54 bits per heavy atom. The number of amides is 2. The summed E-state index contributed by atoms with van der Waals surface area (Å²) in [6, 6.07) is 9.57. The van der Waals surface area contributed by atoms with Crippen LogP contribution in [0.3, 0.4) is 0 Å². The first-order chi connectivity index (χ1) is 12.2. The Morgan fingerprint density at radius 3 is 2.15 bits per heavy atom. The third kappa shape index (κ3) is 3.77. The number of carboxylic acid groups (broad SMARTS) is 1. The molecule has 2 aromatic carbocycles. The minimum atomic E-state index is -4.44. The van der Waals surface area contributed by atoms with E-state index in [1.54, 1.807) is 18.2 Å². The molecule has 0 saturated carbocycles. The van der Waals surface area contributed by atoms with E-state index in [1.165, 1.54) is 6.07 Å². The van der Waals surface area contributed by atoms with Crippen LogP contribution in [0.15, 0.2) is 48.5 Å². The van der Waals surface area contributed by atoms with Crippen molar-refractivity contribution in [1.29, 1.82) is 0 Å². The van der Waals surface area contributed by atoms with E-state index in [2.05, 4.69) is 15.6 Å². The van der Waals surface area contributed by atoms with Gasteiger partial charge in [-0.15, -0.1) is 0 Å². The molecule has 0 spiro atoms. The monoisotopic (exact) mass is 363 g/mol. The molecule has 134 valence electrons. The highest BCUT2D eigenvalue weighted by atomic mass is 19.4. The predicted octanol–water partition coefficient (Wildman–Crippen LogP) is 4.53. The number of hydrogen-bond donors (Lipinski definition) is 4. The number of nitrogens with one attached hydrogen (secondary N) is 3. The molecule has 2 amide bonds. The Balaban J connectivity index is 1.69. The average molecular weight is 363 g/mol. The number of aromatic nitrogens is 1. The van der Waals surface area contributed by atoms with Gasteiger partial charge in [-0.3, -0.25) is 0 Å². The van der Waals surface area contributed by atoms with Crippen LogP contribution in [-0.4, -0.2) is 22.1 Å². The number of carboxylic acids is 1. The zero-order chi connectivity index (χ0) is 18.9. The number of hydrogen-bond acceptors (Lipinski definition) is 2. The number of H-pyrrole nitrogens is 1. The van der Waals surface area contributed by atoms with E-state index >= 15 is 0 Å². The lowest BCUT2D eigenvalue weighted by Gasteiger charge is -2.10. The maximum Gasteiger partial charge on any atom is 0.416 e. The second kappa shape index (κ2) is 6.43. The zero-order valence-electron chi connectivity index (χ0n) is 13.0. The molecule has 0 aliphatic heterocycles. The third-order valence-corrected chi connectivity index (χ3v) is 3.58. The number of carbonyl (C=O) groups is 2. The summed E-state index contributed by atoms with van der Waals surface area (Å²) in [5.74, 6) is -1.10. The van der Waals surface area contributed by atoms with Crippen LogP contribution in [0, 0.1) is 0 Å². The lowest BCUT2D eigenvalue weighted by molar-refractivity contribution is -0.137. The first-order valence-electron chi connectivity index (χ1n) is 7.34. The molecule has 4 N–H and O–H groups in total. The number of carbonyl (C=O) groups excluding carboxylic acids is 1. The van der Waals surface area contributed by atoms with Gasteiger partial charge in [0.25, 0.3) is 0 Å². The maximum absolute atomic E-state index is 12.5. The summed E-state index contributed by atoms with van der Waals surface area (Å²) in [6.45, 7) is 0. The number of aromatic carboxylic acids is 1. The summed E-state index contributed by atoms with van der Waals surface area (Å²) in [6.07, 6.45) is -4.44. The van der Waals surface area contributed by atoms with Crippen LogP contribution in [0.1, 0.15) is 16.1 Å². The van der Waals surface area contributed by atoms with Gasteiger partial charge in [0.15, 0.2) is 0 Å². The van der Waals surface area contributed by atoms with Crippen molar-refractivity contribution >= 4 is 34.3 Å². The van der Waals surface area contributed by atoms with Crippen molar-refractivity contribution in [3.05, 3.63) is 59.8 Å². The van der Waals surface area contributed by atoms with E-state index in [9.17, 15) is 22.8 Å². The highest BCUT2D eigenvalue weighted by Crippen LogP contribution is 2.29. The second-order valence-electron chi connectivity index (χ2n) is 5.44. The third-order valence-electron chi connectivity index (χ3n) is 3.58. The summed E-state index contributed by atoms with van der Waals surface area (Å²) < 4.78 is 37.5. The highest BCUT2D eigenvalue weighted by molar-refractivity contribution is 6.01. The minimum absolute atomic E-state index is 0.0198. The van der Waals surface area contributed by atoms with Crippen molar-refractivity contribution in [2.45, 2.75) is 6.18 Å². The van der Waals surface area contributed by atoms with Crippen LogP contribution < -0.4 is 10.6 Å². The number of rotatable bonds is 3. The van der Waals surface area contributed by atoms with Crippen LogP contribution in [0.25, 0.3) is 10.9 Å². The smallest absolute Gasteiger partial charge is 0.416 e. The number of halogens is 3. The Morgan fingerprint density at radius 1 is 0.923 bits per heavy atom. The number of benzene rings is 2. The molecule has 1 aromatic heterocycles. The fraction of sp³-hybridized carbons (Fsp3) is 0.0588. The standard InChI is InChI=1S/C17H12F3N3O3/c18-17(19,20)10-1-3-11(4-2-10)21-16(26)22-12-5-6-13-9(7-12)8-14(23-13)15(24)25/h1-8,23H,(H,24,25)(H2,21,22,26). The summed E-state index contributed by atoms with van der Waals surface area (Å²) in [5.41, 5.74) is 0.405. The molecule has 0 radical (unpaired) electrons. The molecular weight excluding hydrogens is 351 g/mol. The van der Waals surface area contributed by atoms with Gasteiger partial charge in [0.05, 0.1) is 5.56 Å². The first-order valence-corrected chi connectivity index (χ1v) is 7.34. The molecule has 0 atom stereocenters. The van der Waals surface area contributed by atoms with Crippen molar-refractivity contribution in [3.8, 4) is 0 Å². The molecule has 0 bridgehead atoms. The molecule has 0 unspecified atom stereocenters. The SMILES string of the molecule is O=C(Nc1ccc(C(F)(F)F)cc1)Nc1ccc2[nH]c(C(=O)O)cc2c1. The number of anilines is 2. The van der Waals surface area contributed by atoms with Gasteiger partial charge < -0.3 is 20.7 Å². The van der Waals surface area contributed by atoms with Crippen LogP contribution in [0.4, 0.5) is 29.3 Å². The van der Waals surface area contributed by atoms with E-state index in [1.807, 2.05) is 0 Å².